The minimum absolute atomic E-state index is 0.244. The Bertz CT molecular complexity index is 530. The van der Waals surface area contributed by atoms with Crippen LogP contribution in [0.1, 0.15) is 26.8 Å². The Labute approximate surface area is 96.4 Å². The van der Waals surface area contributed by atoms with Gasteiger partial charge in [-0.15, -0.1) is 11.3 Å². The Balaban J connectivity index is 2.25. The fraction of sp³-hybridized carbons (Fsp3) is 0.300. The standard InChI is InChI=1S/C10H11N3O2S/c1-6-5-16-9(12-6)4-13-7(2)8(3-11-13)10(14)15/h3,5H,4H2,1-2H3,(H,14,15). The number of carboxylic acids is 1. The molecule has 0 aromatic carbocycles. The molecule has 0 saturated heterocycles. The van der Waals surface area contributed by atoms with Crippen LogP contribution in [0.25, 0.3) is 0 Å². The average Bonchev–Trinajstić information content (AvgIpc) is 2.76. The van der Waals surface area contributed by atoms with Crippen molar-refractivity contribution >= 4 is 17.3 Å². The van der Waals surface area contributed by atoms with E-state index in [2.05, 4.69) is 10.1 Å². The lowest BCUT2D eigenvalue weighted by Crippen LogP contribution is -2.05. The van der Waals surface area contributed by atoms with Gasteiger partial charge in [0.05, 0.1) is 18.4 Å². The summed E-state index contributed by atoms with van der Waals surface area (Å²) in [7, 11) is 0. The SMILES string of the molecule is Cc1csc(Cn2ncc(C(=O)O)c2C)n1. The first-order valence-electron chi connectivity index (χ1n) is 4.74. The Hall–Kier alpha value is -1.69. The van der Waals surface area contributed by atoms with Gasteiger partial charge in [-0.25, -0.2) is 9.78 Å². The minimum Gasteiger partial charge on any atom is -0.478 e. The van der Waals surface area contributed by atoms with Crippen molar-refractivity contribution in [3.8, 4) is 0 Å². The second-order valence-electron chi connectivity index (χ2n) is 3.49. The van der Waals surface area contributed by atoms with Crippen molar-refractivity contribution in [2.45, 2.75) is 20.4 Å². The van der Waals surface area contributed by atoms with Gasteiger partial charge < -0.3 is 5.11 Å². The molecule has 0 aliphatic heterocycles. The number of hydrogen-bond acceptors (Lipinski definition) is 4. The normalized spacial score (nSPS) is 10.6. The molecule has 2 aromatic rings. The van der Waals surface area contributed by atoms with Crippen LogP contribution in [-0.4, -0.2) is 25.8 Å². The molecule has 0 fully saturated rings. The highest BCUT2D eigenvalue weighted by Gasteiger charge is 2.13. The third-order valence-corrected chi connectivity index (χ3v) is 3.24. The molecule has 0 atom stereocenters. The number of nitrogens with zero attached hydrogens (tertiary/aromatic N) is 3. The highest BCUT2D eigenvalue weighted by Crippen LogP contribution is 2.13. The molecule has 0 bridgehead atoms. The van der Waals surface area contributed by atoms with Gasteiger partial charge in [0.15, 0.2) is 0 Å². The first kappa shape index (κ1) is 10.8. The Morgan fingerprint density at radius 2 is 2.31 bits per heavy atom. The topological polar surface area (TPSA) is 68.0 Å². The molecule has 0 radical (unpaired) electrons. The molecule has 0 spiro atoms. The number of rotatable bonds is 3. The Morgan fingerprint density at radius 3 is 2.81 bits per heavy atom. The van der Waals surface area contributed by atoms with Crippen molar-refractivity contribution in [1.29, 1.82) is 0 Å². The van der Waals surface area contributed by atoms with E-state index in [0.717, 1.165) is 10.7 Å². The molecule has 2 aromatic heterocycles. The van der Waals surface area contributed by atoms with Crippen molar-refractivity contribution in [1.82, 2.24) is 14.8 Å². The molecule has 0 amide bonds. The second kappa shape index (κ2) is 4.05. The summed E-state index contributed by atoms with van der Waals surface area (Å²) in [5.74, 6) is -0.945. The van der Waals surface area contributed by atoms with E-state index >= 15 is 0 Å². The largest absolute Gasteiger partial charge is 0.478 e. The van der Waals surface area contributed by atoms with Crippen molar-refractivity contribution in [3.05, 3.63) is 33.5 Å². The van der Waals surface area contributed by atoms with Crippen LogP contribution in [0.3, 0.4) is 0 Å². The van der Waals surface area contributed by atoms with E-state index in [1.165, 1.54) is 6.20 Å². The van der Waals surface area contributed by atoms with Gasteiger partial charge in [0, 0.05) is 11.1 Å². The molecule has 0 saturated carbocycles. The summed E-state index contributed by atoms with van der Waals surface area (Å²) in [6.07, 6.45) is 1.37. The molecule has 2 heterocycles. The van der Waals surface area contributed by atoms with Gasteiger partial charge >= 0.3 is 5.97 Å². The summed E-state index contributed by atoms with van der Waals surface area (Å²) in [5, 5.41) is 15.8. The van der Waals surface area contributed by atoms with Crippen LogP contribution >= 0.6 is 11.3 Å². The zero-order chi connectivity index (χ0) is 11.7. The van der Waals surface area contributed by atoms with Crippen molar-refractivity contribution in [2.75, 3.05) is 0 Å². The van der Waals surface area contributed by atoms with Crippen molar-refractivity contribution < 1.29 is 9.90 Å². The van der Waals surface area contributed by atoms with Crippen molar-refractivity contribution in [2.24, 2.45) is 0 Å². The van der Waals surface area contributed by atoms with Crippen LogP contribution in [-0.2, 0) is 6.54 Å². The lowest BCUT2D eigenvalue weighted by molar-refractivity contribution is 0.0696. The quantitative estimate of drug-likeness (QED) is 0.882. The summed E-state index contributed by atoms with van der Waals surface area (Å²) in [6, 6.07) is 0. The summed E-state index contributed by atoms with van der Waals surface area (Å²) in [4.78, 5) is 15.1. The summed E-state index contributed by atoms with van der Waals surface area (Å²) in [6.45, 7) is 4.20. The van der Waals surface area contributed by atoms with Gasteiger partial charge in [0.2, 0.25) is 0 Å². The van der Waals surface area contributed by atoms with Gasteiger partial charge in [-0.05, 0) is 13.8 Å². The van der Waals surface area contributed by atoms with Crippen LogP contribution in [0, 0.1) is 13.8 Å². The van der Waals surface area contributed by atoms with Gasteiger partial charge in [-0.3, -0.25) is 4.68 Å². The predicted octanol–water partition coefficient (Wildman–Crippen LogP) is 1.70. The zero-order valence-corrected chi connectivity index (χ0v) is 9.78. The maximum atomic E-state index is 10.8. The molecule has 0 aliphatic rings. The van der Waals surface area contributed by atoms with E-state index in [1.807, 2.05) is 12.3 Å². The minimum atomic E-state index is -0.945. The van der Waals surface area contributed by atoms with Crippen LogP contribution in [0.5, 0.6) is 0 Å². The van der Waals surface area contributed by atoms with E-state index in [9.17, 15) is 4.79 Å². The molecule has 2 rings (SSSR count). The van der Waals surface area contributed by atoms with Crippen LogP contribution in [0.15, 0.2) is 11.6 Å². The number of carboxylic acid groups (broad SMARTS) is 1. The molecule has 84 valence electrons. The second-order valence-corrected chi connectivity index (χ2v) is 4.43. The fourth-order valence-electron chi connectivity index (χ4n) is 1.42. The summed E-state index contributed by atoms with van der Waals surface area (Å²) in [5.41, 5.74) is 1.87. The van der Waals surface area contributed by atoms with Crippen LogP contribution in [0.2, 0.25) is 0 Å². The van der Waals surface area contributed by atoms with Gasteiger partial charge in [-0.1, -0.05) is 0 Å². The molecule has 0 unspecified atom stereocenters. The van der Waals surface area contributed by atoms with Crippen LogP contribution in [0.4, 0.5) is 0 Å². The fourth-order valence-corrected chi connectivity index (χ4v) is 2.17. The predicted molar refractivity (Wildman–Crippen MR) is 59.9 cm³/mol. The number of carbonyl (C=O) groups is 1. The number of hydrogen-bond donors (Lipinski definition) is 1. The van der Waals surface area contributed by atoms with Crippen molar-refractivity contribution in [3.63, 3.8) is 0 Å². The molecule has 1 N–H and O–H groups in total. The zero-order valence-electron chi connectivity index (χ0n) is 8.97. The Kier molecular flexibility index (Phi) is 2.74. The van der Waals surface area contributed by atoms with E-state index in [1.54, 1.807) is 22.9 Å². The van der Waals surface area contributed by atoms with Crippen LogP contribution < -0.4 is 0 Å². The highest BCUT2D eigenvalue weighted by atomic mass is 32.1. The first-order valence-corrected chi connectivity index (χ1v) is 5.62. The molecule has 16 heavy (non-hydrogen) atoms. The Morgan fingerprint density at radius 1 is 1.56 bits per heavy atom. The smallest absolute Gasteiger partial charge is 0.339 e. The molecular formula is C10H11N3O2S. The maximum Gasteiger partial charge on any atom is 0.339 e. The van der Waals surface area contributed by atoms with E-state index in [0.29, 0.717) is 12.2 Å². The number of aromatic nitrogens is 3. The monoisotopic (exact) mass is 237 g/mol. The number of aryl methyl sites for hydroxylation is 1. The van der Waals surface area contributed by atoms with Gasteiger partial charge in [0.1, 0.15) is 10.6 Å². The third kappa shape index (κ3) is 1.96. The third-order valence-electron chi connectivity index (χ3n) is 2.29. The lowest BCUT2D eigenvalue weighted by atomic mass is 10.3. The lowest BCUT2D eigenvalue weighted by Gasteiger charge is -2.01. The van der Waals surface area contributed by atoms with E-state index in [-0.39, 0.29) is 5.56 Å². The average molecular weight is 237 g/mol. The van der Waals surface area contributed by atoms with Gasteiger partial charge in [-0.2, -0.15) is 5.10 Å². The van der Waals surface area contributed by atoms with E-state index < -0.39 is 5.97 Å². The molecule has 0 aliphatic carbocycles. The maximum absolute atomic E-state index is 10.8. The van der Waals surface area contributed by atoms with E-state index in [4.69, 9.17) is 5.11 Å². The molecular weight excluding hydrogens is 226 g/mol. The molecule has 5 nitrogen and oxygen atoms in total. The summed E-state index contributed by atoms with van der Waals surface area (Å²) >= 11 is 1.55. The highest BCUT2D eigenvalue weighted by molar-refractivity contribution is 7.09. The number of aromatic carboxylic acids is 1. The number of thiazole rings is 1. The summed E-state index contributed by atoms with van der Waals surface area (Å²) < 4.78 is 1.65. The molecule has 6 heteroatoms. The van der Waals surface area contributed by atoms with Gasteiger partial charge in [0.25, 0.3) is 0 Å². The first-order chi connectivity index (χ1) is 7.58.